The van der Waals surface area contributed by atoms with Gasteiger partial charge in [-0.2, -0.15) is 0 Å². The first kappa shape index (κ1) is 13.0. The maximum atomic E-state index is 11.8. The van der Waals surface area contributed by atoms with Gasteiger partial charge in [-0.05, 0) is 38.6 Å². The molecule has 0 aliphatic heterocycles. The topological polar surface area (TPSA) is 46.2 Å². The maximum absolute atomic E-state index is 11.8. The molecule has 1 rings (SSSR count). The van der Waals surface area contributed by atoms with E-state index in [0.29, 0.717) is 11.8 Å². The van der Waals surface area contributed by atoms with Crippen molar-refractivity contribution in [3.8, 4) is 0 Å². The van der Waals surface area contributed by atoms with Crippen molar-refractivity contribution < 1.29 is 8.42 Å². The van der Waals surface area contributed by atoms with Crippen molar-refractivity contribution >= 4 is 9.84 Å². The molecule has 15 heavy (non-hydrogen) atoms. The summed E-state index contributed by atoms with van der Waals surface area (Å²) in [4.78, 5) is 0. The van der Waals surface area contributed by atoms with Gasteiger partial charge < -0.3 is 5.32 Å². The van der Waals surface area contributed by atoms with Gasteiger partial charge in [0.1, 0.15) is 0 Å². The molecular formula is C11H23NO2S. The van der Waals surface area contributed by atoms with Crippen LogP contribution in [0.5, 0.6) is 0 Å². The maximum Gasteiger partial charge on any atom is 0.153 e. The normalized spacial score (nSPS) is 19.5. The standard InChI is InChI=1S/C11H23NO2S/c1-9(2)10(3)15(13,14)8-4-7-12-11-5-6-11/h9-12H,4-8H2,1-3H3. The van der Waals surface area contributed by atoms with E-state index >= 15 is 0 Å². The van der Waals surface area contributed by atoms with Crippen LogP contribution in [-0.2, 0) is 9.84 Å². The molecule has 0 heterocycles. The SMILES string of the molecule is CC(C)C(C)S(=O)(=O)CCCNC1CC1. The summed E-state index contributed by atoms with van der Waals surface area (Å²) in [5.74, 6) is 0.540. The van der Waals surface area contributed by atoms with E-state index in [9.17, 15) is 8.42 Å². The molecule has 0 saturated heterocycles. The lowest BCUT2D eigenvalue weighted by Crippen LogP contribution is -2.28. The summed E-state index contributed by atoms with van der Waals surface area (Å²) in [6.45, 7) is 6.58. The molecule has 4 heteroatoms. The molecule has 1 fully saturated rings. The first-order valence-corrected chi connectivity index (χ1v) is 7.60. The fourth-order valence-electron chi connectivity index (χ4n) is 1.47. The minimum Gasteiger partial charge on any atom is -0.314 e. The molecule has 1 N–H and O–H groups in total. The van der Waals surface area contributed by atoms with Crippen LogP contribution in [0.2, 0.25) is 0 Å². The summed E-state index contributed by atoms with van der Waals surface area (Å²) < 4.78 is 23.6. The van der Waals surface area contributed by atoms with Crippen LogP contribution in [0.1, 0.15) is 40.0 Å². The number of hydrogen-bond donors (Lipinski definition) is 1. The molecule has 1 saturated carbocycles. The fourth-order valence-corrected chi connectivity index (χ4v) is 3.22. The smallest absolute Gasteiger partial charge is 0.153 e. The highest BCUT2D eigenvalue weighted by Gasteiger charge is 2.24. The van der Waals surface area contributed by atoms with E-state index < -0.39 is 9.84 Å². The minimum atomic E-state index is -2.88. The molecule has 1 aliphatic rings. The fraction of sp³-hybridized carbons (Fsp3) is 1.00. The van der Waals surface area contributed by atoms with Crippen molar-refractivity contribution in [1.29, 1.82) is 0 Å². The minimum absolute atomic E-state index is 0.210. The van der Waals surface area contributed by atoms with Crippen LogP contribution < -0.4 is 5.32 Å². The summed E-state index contributed by atoms with van der Waals surface area (Å²) in [5, 5.41) is 3.12. The Hall–Kier alpha value is -0.0900. The third kappa shape index (κ3) is 4.51. The first-order valence-electron chi connectivity index (χ1n) is 5.88. The van der Waals surface area contributed by atoms with Gasteiger partial charge in [-0.1, -0.05) is 13.8 Å². The average Bonchev–Trinajstić information content (AvgIpc) is 2.94. The molecular weight excluding hydrogens is 210 g/mol. The predicted molar refractivity (Wildman–Crippen MR) is 63.7 cm³/mol. The van der Waals surface area contributed by atoms with Gasteiger partial charge in [0.15, 0.2) is 9.84 Å². The van der Waals surface area contributed by atoms with Crippen molar-refractivity contribution in [3.05, 3.63) is 0 Å². The number of nitrogens with one attached hydrogen (secondary N) is 1. The van der Waals surface area contributed by atoms with Crippen LogP contribution >= 0.6 is 0 Å². The second-order valence-electron chi connectivity index (χ2n) is 4.90. The molecule has 0 aromatic rings. The zero-order valence-corrected chi connectivity index (χ0v) is 10.8. The van der Waals surface area contributed by atoms with E-state index in [4.69, 9.17) is 0 Å². The molecule has 0 amide bonds. The van der Waals surface area contributed by atoms with Crippen LogP contribution in [0, 0.1) is 5.92 Å². The Kier molecular flexibility index (Phi) is 4.59. The quantitative estimate of drug-likeness (QED) is 0.679. The van der Waals surface area contributed by atoms with Crippen LogP contribution in [0.4, 0.5) is 0 Å². The second kappa shape index (κ2) is 5.30. The zero-order valence-electron chi connectivity index (χ0n) is 9.99. The van der Waals surface area contributed by atoms with E-state index in [1.54, 1.807) is 0 Å². The van der Waals surface area contributed by atoms with Crippen molar-refractivity contribution in [2.24, 2.45) is 5.92 Å². The summed E-state index contributed by atoms with van der Waals surface area (Å²) >= 11 is 0. The molecule has 0 bridgehead atoms. The molecule has 1 unspecified atom stereocenters. The van der Waals surface area contributed by atoms with Gasteiger partial charge in [0.05, 0.1) is 11.0 Å². The van der Waals surface area contributed by atoms with E-state index in [1.165, 1.54) is 12.8 Å². The van der Waals surface area contributed by atoms with Crippen molar-refractivity contribution in [2.45, 2.75) is 51.3 Å². The number of rotatable bonds is 7. The molecule has 0 radical (unpaired) electrons. The Balaban J connectivity index is 2.22. The molecule has 0 spiro atoms. The molecule has 1 atom stereocenters. The summed E-state index contributed by atoms with van der Waals surface area (Å²) in [5.41, 5.74) is 0. The number of hydrogen-bond acceptors (Lipinski definition) is 3. The van der Waals surface area contributed by atoms with Crippen molar-refractivity contribution in [1.82, 2.24) is 5.32 Å². The lowest BCUT2D eigenvalue weighted by atomic mass is 10.2. The Bertz CT molecular complexity index is 281. The van der Waals surface area contributed by atoms with E-state index in [0.717, 1.165) is 13.0 Å². The van der Waals surface area contributed by atoms with Crippen LogP contribution in [0.15, 0.2) is 0 Å². The molecule has 1 aliphatic carbocycles. The second-order valence-corrected chi connectivity index (χ2v) is 7.38. The Morgan fingerprint density at radius 3 is 2.33 bits per heavy atom. The van der Waals surface area contributed by atoms with E-state index in [-0.39, 0.29) is 11.2 Å². The third-order valence-electron chi connectivity index (χ3n) is 3.12. The molecule has 0 aromatic heterocycles. The number of sulfone groups is 1. The highest BCUT2D eigenvalue weighted by molar-refractivity contribution is 7.92. The van der Waals surface area contributed by atoms with Crippen molar-refractivity contribution in [3.63, 3.8) is 0 Å². The van der Waals surface area contributed by atoms with Gasteiger partial charge in [0, 0.05) is 6.04 Å². The lowest BCUT2D eigenvalue weighted by Gasteiger charge is -2.16. The van der Waals surface area contributed by atoms with Gasteiger partial charge in [0.2, 0.25) is 0 Å². The van der Waals surface area contributed by atoms with Crippen molar-refractivity contribution in [2.75, 3.05) is 12.3 Å². The van der Waals surface area contributed by atoms with Crippen LogP contribution in [0.25, 0.3) is 0 Å². The van der Waals surface area contributed by atoms with Crippen LogP contribution in [-0.4, -0.2) is 32.0 Å². The van der Waals surface area contributed by atoms with E-state index in [2.05, 4.69) is 5.32 Å². The predicted octanol–water partition coefficient (Wildman–Crippen LogP) is 1.59. The Morgan fingerprint density at radius 2 is 1.87 bits per heavy atom. The highest BCUT2D eigenvalue weighted by Crippen LogP contribution is 2.18. The summed E-state index contributed by atoms with van der Waals surface area (Å²) in [7, 11) is -2.88. The monoisotopic (exact) mass is 233 g/mol. The molecule has 3 nitrogen and oxygen atoms in total. The zero-order chi connectivity index (χ0) is 11.5. The van der Waals surface area contributed by atoms with Gasteiger partial charge in [-0.15, -0.1) is 0 Å². The van der Waals surface area contributed by atoms with Gasteiger partial charge in [-0.3, -0.25) is 0 Å². The Morgan fingerprint density at radius 1 is 1.27 bits per heavy atom. The highest BCUT2D eigenvalue weighted by atomic mass is 32.2. The van der Waals surface area contributed by atoms with E-state index in [1.807, 2.05) is 20.8 Å². The average molecular weight is 233 g/mol. The van der Waals surface area contributed by atoms with Gasteiger partial charge in [0.25, 0.3) is 0 Å². The first-order chi connectivity index (χ1) is 6.93. The van der Waals surface area contributed by atoms with Crippen LogP contribution in [0.3, 0.4) is 0 Å². The largest absolute Gasteiger partial charge is 0.314 e. The lowest BCUT2D eigenvalue weighted by molar-refractivity contribution is 0.541. The third-order valence-corrected chi connectivity index (χ3v) is 5.66. The summed E-state index contributed by atoms with van der Waals surface area (Å²) in [6, 6.07) is 0.676. The summed E-state index contributed by atoms with van der Waals surface area (Å²) in [6.07, 6.45) is 3.26. The van der Waals surface area contributed by atoms with Gasteiger partial charge >= 0.3 is 0 Å². The Labute approximate surface area is 93.6 Å². The molecule has 90 valence electrons. The molecule has 0 aromatic carbocycles. The van der Waals surface area contributed by atoms with Gasteiger partial charge in [-0.25, -0.2) is 8.42 Å².